The molecule has 0 aromatic heterocycles. The zero-order valence-electron chi connectivity index (χ0n) is 7.19. The predicted molar refractivity (Wildman–Crippen MR) is 41.7 cm³/mol. The summed E-state index contributed by atoms with van der Waals surface area (Å²) in [6.07, 6.45) is 4.14. The number of quaternary nitrogens is 1. The minimum absolute atomic E-state index is 0. The van der Waals surface area contributed by atoms with Gasteiger partial charge in [0.05, 0.1) is 20.3 Å². The van der Waals surface area contributed by atoms with Crippen LogP contribution in [0.4, 0.5) is 0 Å². The average molecular weight is 162 g/mol. The lowest BCUT2D eigenvalue weighted by Gasteiger charge is -2.23. The second kappa shape index (κ2) is 4.53. The van der Waals surface area contributed by atoms with E-state index in [0.29, 0.717) is 0 Å². The summed E-state index contributed by atoms with van der Waals surface area (Å²) < 4.78 is 0.774. The molecular formula is C8H16ClN. The monoisotopic (exact) mass is 161 g/mol. The van der Waals surface area contributed by atoms with Gasteiger partial charge in [-0.3, -0.25) is 4.48 Å². The Kier molecular flexibility index (Phi) is 5.62. The lowest BCUT2D eigenvalue weighted by molar-refractivity contribution is -0.798. The van der Waals surface area contributed by atoms with Crippen LogP contribution in [0, 0.1) is 0 Å². The first kappa shape index (κ1) is 12.4. The molecule has 0 radical (unpaired) electrons. The molecule has 0 spiro atoms. The minimum Gasteiger partial charge on any atom is -1.00 e. The van der Waals surface area contributed by atoms with Gasteiger partial charge in [0.2, 0.25) is 0 Å². The number of hydrogen-bond acceptors (Lipinski definition) is 0. The van der Waals surface area contributed by atoms with E-state index in [-0.39, 0.29) is 12.4 Å². The van der Waals surface area contributed by atoms with Crippen molar-refractivity contribution in [2.45, 2.75) is 13.8 Å². The normalized spacial score (nSPS) is 11.2. The van der Waals surface area contributed by atoms with E-state index in [4.69, 9.17) is 0 Å². The topological polar surface area (TPSA) is 0 Å². The van der Waals surface area contributed by atoms with Crippen LogP contribution >= 0.6 is 0 Å². The Morgan fingerprint density at radius 1 is 1.40 bits per heavy atom. The molecule has 0 saturated carbocycles. The molecule has 60 valence electrons. The summed E-state index contributed by atoms with van der Waals surface area (Å²) in [4.78, 5) is 0. The van der Waals surface area contributed by atoms with Crippen molar-refractivity contribution in [1.82, 2.24) is 0 Å². The van der Waals surface area contributed by atoms with Gasteiger partial charge >= 0.3 is 0 Å². The van der Waals surface area contributed by atoms with Gasteiger partial charge in [0.1, 0.15) is 5.70 Å². The summed E-state index contributed by atoms with van der Waals surface area (Å²) >= 11 is 0. The second-order valence-corrected chi connectivity index (χ2v) is 2.76. The maximum Gasteiger partial charge on any atom is 0.102 e. The van der Waals surface area contributed by atoms with Crippen molar-refractivity contribution in [3.05, 3.63) is 24.6 Å². The third-order valence-corrected chi connectivity index (χ3v) is 1.51. The number of rotatable bonds is 2. The molecule has 10 heavy (non-hydrogen) atoms. The van der Waals surface area contributed by atoms with E-state index in [1.165, 1.54) is 0 Å². The smallest absolute Gasteiger partial charge is 0.102 e. The van der Waals surface area contributed by atoms with Gasteiger partial charge in [0.15, 0.2) is 0 Å². The third kappa shape index (κ3) is 3.70. The SMILES string of the molecule is C=C(C)[N+](C)(C)/C=C\C.[Cl-]. The molecule has 0 aliphatic heterocycles. The Hall–Kier alpha value is -0.270. The van der Waals surface area contributed by atoms with Crippen LogP contribution in [-0.2, 0) is 0 Å². The molecular weight excluding hydrogens is 146 g/mol. The largest absolute Gasteiger partial charge is 1.00 e. The van der Waals surface area contributed by atoms with Crippen molar-refractivity contribution in [3.63, 3.8) is 0 Å². The van der Waals surface area contributed by atoms with E-state index in [9.17, 15) is 0 Å². The van der Waals surface area contributed by atoms with Gasteiger partial charge in [-0.15, -0.1) is 0 Å². The summed E-state index contributed by atoms with van der Waals surface area (Å²) in [5.74, 6) is 0. The van der Waals surface area contributed by atoms with Gasteiger partial charge in [-0.1, -0.05) is 0 Å². The number of allylic oxidation sites excluding steroid dienone is 2. The van der Waals surface area contributed by atoms with Crippen LogP contribution < -0.4 is 12.4 Å². The third-order valence-electron chi connectivity index (χ3n) is 1.51. The molecule has 0 aromatic rings. The summed E-state index contributed by atoms with van der Waals surface area (Å²) in [6.45, 7) is 7.91. The Bertz CT molecular complexity index is 136. The Balaban J connectivity index is 0. The number of nitrogens with zero attached hydrogens (tertiary/aromatic N) is 1. The Labute approximate surface area is 70.0 Å². The van der Waals surface area contributed by atoms with Crippen molar-refractivity contribution in [2.75, 3.05) is 14.1 Å². The molecule has 0 aliphatic carbocycles. The number of halogens is 1. The van der Waals surface area contributed by atoms with Gasteiger partial charge in [-0.2, -0.15) is 0 Å². The number of hydrogen-bond donors (Lipinski definition) is 0. The summed E-state index contributed by atoms with van der Waals surface area (Å²) in [5, 5.41) is 0. The van der Waals surface area contributed by atoms with Gasteiger partial charge in [-0.05, 0) is 19.6 Å². The lowest BCUT2D eigenvalue weighted by atomic mass is 10.4. The fourth-order valence-electron chi connectivity index (χ4n) is 0.500. The van der Waals surface area contributed by atoms with Crippen LogP contribution in [-0.4, -0.2) is 18.6 Å². The second-order valence-electron chi connectivity index (χ2n) is 2.76. The molecule has 0 atom stereocenters. The molecule has 0 bridgehead atoms. The van der Waals surface area contributed by atoms with Crippen LogP contribution in [0.5, 0.6) is 0 Å². The maximum absolute atomic E-state index is 3.87. The highest BCUT2D eigenvalue weighted by atomic mass is 35.5. The van der Waals surface area contributed by atoms with Crippen molar-refractivity contribution in [2.24, 2.45) is 0 Å². The van der Waals surface area contributed by atoms with Gasteiger partial charge in [0.25, 0.3) is 0 Å². The highest BCUT2D eigenvalue weighted by Crippen LogP contribution is 2.07. The van der Waals surface area contributed by atoms with Crippen LogP contribution in [0.3, 0.4) is 0 Å². The minimum atomic E-state index is 0. The van der Waals surface area contributed by atoms with E-state index in [2.05, 4.69) is 26.9 Å². The molecule has 0 amide bonds. The van der Waals surface area contributed by atoms with Gasteiger partial charge in [-0.25, -0.2) is 0 Å². The zero-order valence-corrected chi connectivity index (χ0v) is 7.94. The molecule has 0 rings (SSSR count). The van der Waals surface area contributed by atoms with Crippen LogP contribution in [0.1, 0.15) is 13.8 Å². The van der Waals surface area contributed by atoms with Crippen molar-refractivity contribution in [3.8, 4) is 0 Å². The van der Waals surface area contributed by atoms with E-state index in [1.807, 2.05) is 19.9 Å². The van der Waals surface area contributed by atoms with Crippen molar-refractivity contribution < 1.29 is 16.9 Å². The fourth-order valence-corrected chi connectivity index (χ4v) is 0.500. The molecule has 0 N–H and O–H groups in total. The highest BCUT2D eigenvalue weighted by Gasteiger charge is 2.10. The summed E-state index contributed by atoms with van der Waals surface area (Å²) in [7, 11) is 4.20. The zero-order chi connectivity index (χ0) is 7.49. The molecule has 0 fully saturated rings. The standard InChI is InChI=1S/C8H16N.ClH/c1-6-7-9(4,5)8(2)3;/h6-7H,2H2,1,3-5H3;1H/q+1;/p-1/b7-6-;. The molecule has 0 aliphatic rings. The molecule has 1 nitrogen and oxygen atoms in total. The summed E-state index contributed by atoms with van der Waals surface area (Å²) in [5.41, 5.74) is 1.15. The van der Waals surface area contributed by atoms with Crippen LogP contribution in [0.15, 0.2) is 24.6 Å². The summed E-state index contributed by atoms with van der Waals surface area (Å²) in [6, 6.07) is 0. The Morgan fingerprint density at radius 3 is 1.90 bits per heavy atom. The van der Waals surface area contributed by atoms with Gasteiger partial charge < -0.3 is 12.4 Å². The first-order valence-electron chi connectivity index (χ1n) is 3.14. The predicted octanol–water partition coefficient (Wildman–Crippen LogP) is -0.866. The van der Waals surface area contributed by atoms with Gasteiger partial charge in [0, 0.05) is 6.92 Å². The quantitative estimate of drug-likeness (QED) is 0.463. The first-order valence-corrected chi connectivity index (χ1v) is 3.14. The average Bonchev–Trinajstić information content (AvgIpc) is 1.65. The van der Waals surface area contributed by atoms with Crippen LogP contribution in [0.25, 0.3) is 0 Å². The molecule has 2 heteroatoms. The molecule has 0 heterocycles. The first-order chi connectivity index (χ1) is 4.00. The van der Waals surface area contributed by atoms with E-state index in [1.54, 1.807) is 0 Å². The molecule has 0 aromatic carbocycles. The lowest BCUT2D eigenvalue weighted by Crippen LogP contribution is -3.00. The van der Waals surface area contributed by atoms with E-state index >= 15 is 0 Å². The maximum atomic E-state index is 3.87. The molecule has 0 saturated heterocycles. The fraction of sp³-hybridized carbons (Fsp3) is 0.500. The molecule has 0 unspecified atom stereocenters. The highest BCUT2D eigenvalue weighted by molar-refractivity contribution is 4.81. The van der Waals surface area contributed by atoms with Crippen LogP contribution in [0.2, 0.25) is 0 Å². The van der Waals surface area contributed by atoms with E-state index in [0.717, 1.165) is 10.2 Å². The van der Waals surface area contributed by atoms with E-state index < -0.39 is 0 Å². The van der Waals surface area contributed by atoms with Crippen molar-refractivity contribution >= 4 is 0 Å². The van der Waals surface area contributed by atoms with Crippen molar-refractivity contribution in [1.29, 1.82) is 0 Å². The Morgan fingerprint density at radius 2 is 1.80 bits per heavy atom.